The van der Waals surface area contributed by atoms with Gasteiger partial charge in [-0.3, -0.25) is 4.79 Å². The van der Waals surface area contributed by atoms with Crippen LogP contribution in [0, 0.1) is 5.92 Å². The van der Waals surface area contributed by atoms with Crippen molar-refractivity contribution < 1.29 is 4.79 Å². The zero-order valence-electron chi connectivity index (χ0n) is 10.8. The summed E-state index contributed by atoms with van der Waals surface area (Å²) in [4.78, 5) is 14.3. The van der Waals surface area contributed by atoms with Crippen LogP contribution < -0.4 is 11.1 Å². The normalized spacial score (nSPS) is 27.8. The number of carbonyl (C=O) groups excluding carboxylic acids is 1. The summed E-state index contributed by atoms with van der Waals surface area (Å²) in [7, 11) is 0. The number of hydrogen-bond donors (Lipinski definition) is 2. The van der Waals surface area contributed by atoms with Gasteiger partial charge in [-0.05, 0) is 38.3 Å². The lowest BCUT2D eigenvalue weighted by molar-refractivity contribution is -0.123. The van der Waals surface area contributed by atoms with E-state index < -0.39 is 0 Å². The molecule has 1 aliphatic carbocycles. The van der Waals surface area contributed by atoms with Crippen molar-refractivity contribution in [1.29, 1.82) is 0 Å². The van der Waals surface area contributed by atoms with Gasteiger partial charge in [0, 0.05) is 12.6 Å². The first-order chi connectivity index (χ1) is 8.19. The highest BCUT2D eigenvalue weighted by Crippen LogP contribution is 2.33. The SMILES string of the molecule is CCN1CCCC(NC(=O)C(N)CC2CC2)C1. The highest BCUT2D eigenvalue weighted by atomic mass is 16.2. The highest BCUT2D eigenvalue weighted by Gasteiger charge is 2.28. The molecule has 0 spiro atoms. The third-order valence-corrected chi connectivity index (χ3v) is 3.92. The van der Waals surface area contributed by atoms with E-state index in [-0.39, 0.29) is 11.9 Å². The summed E-state index contributed by atoms with van der Waals surface area (Å²) in [5.74, 6) is 0.772. The van der Waals surface area contributed by atoms with Crippen molar-refractivity contribution in [2.75, 3.05) is 19.6 Å². The van der Waals surface area contributed by atoms with Gasteiger partial charge in [-0.25, -0.2) is 0 Å². The molecule has 1 aliphatic heterocycles. The van der Waals surface area contributed by atoms with Crippen LogP contribution in [-0.4, -0.2) is 42.5 Å². The molecule has 4 heteroatoms. The molecule has 0 aromatic rings. The van der Waals surface area contributed by atoms with Crippen LogP contribution in [0.15, 0.2) is 0 Å². The van der Waals surface area contributed by atoms with Crippen LogP contribution >= 0.6 is 0 Å². The molecule has 0 radical (unpaired) electrons. The number of nitrogens with two attached hydrogens (primary N) is 1. The van der Waals surface area contributed by atoms with Crippen molar-refractivity contribution >= 4 is 5.91 Å². The average Bonchev–Trinajstić information content (AvgIpc) is 3.13. The Morgan fingerprint density at radius 2 is 2.24 bits per heavy atom. The summed E-state index contributed by atoms with van der Waals surface area (Å²) in [6.07, 6.45) is 5.66. The van der Waals surface area contributed by atoms with Crippen LogP contribution in [0.5, 0.6) is 0 Å². The second-order valence-electron chi connectivity index (χ2n) is 5.53. The third-order valence-electron chi connectivity index (χ3n) is 3.92. The van der Waals surface area contributed by atoms with Crippen molar-refractivity contribution in [2.24, 2.45) is 11.7 Å². The van der Waals surface area contributed by atoms with Gasteiger partial charge in [0.25, 0.3) is 0 Å². The van der Waals surface area contributed by atoms with E-state index in [1.165, 1.54) is 19.3 Å². The molecule has 2 atom stereocenters. The Morgan fingerprint density at radius 1 is 1.47 bits per heavy atom. The van der Waals surface area contributed by atoms with Crippen molar-refractivity contribution in [3.8, 4) is 0 Å². The van der Waals surface area contributed by atoms with Crippen molar-refractivity contribution in [1.82, 2.24) is 10.2 Å². The van der Waals surface area contributed by atoms with Gasteiger partial charge >= 0.3 is 0 Å². The maximum absolute atomic E-state index is 11.9. The summed E-state index contributed by atoms with van der Waals surface area (Å²) >= 11 is 0. The van der Waals surface area contributed by atoms with Gasteiger partial charge < -0.3 is 16.0 Å². The first-order valence-corrected chi connectivity index (χ1v) is 6.97. The molecule has 1 heterocycles. The number of nitrogens with one attached hydrogen (secondary N) is 1. The molecule has 2 unspecified atom stereocenters. The molecule has 17 heavy (non-hydrogen) atoms. The van der Waals surface area contributed by atoms with E-state index in [4.69, 9.17) is 5.73 Å². The predicted molar refractivity (Wildman–Crippen MR) is 68.6 cm³/mol. The summed E-state index contributed by atoms with van der Waals surface area (Å²) in [5, 5.41) is 3.11. The van der Waals surface area contributed by atoms with Crippen molar-refractivity contribution in [3.05, 3.63) is 0 Å². The molecule has 2 rings (SSSR count). The van der Waals surface area contributed by atoms with Crippen molar-refractivity contribution in [3.63, 3.8) is 0 Å². The number of rotatable bonds is 5. The molecule has 2 fully saturated rings. The minimum absolute atomic E-state index is 0.0554. The molecule has 1 amide bonds. The fourth-order valence-electron chi connectivity index (χ4n) is 2.59. The van der Waals surface area contributed by atoms with E-state index in [2.05, 4.69) is 17.1 Å². The van der Waals surface area contributed by atoms with E-state index in [1.807, 2.05) is 0 Å². The smallest absolute Gasteiger partial charge is 0.237 e. The molecular formula is C13H25N3O. The van der Waals surface area contributed by atoms with Gasteiger partial charge in [-0.15, -0.1) is 0 Å². The van der Waals surface area contributed by atoms with E-state index in [1.54, 1.807) is 0 Å². The van der Waals surface area contributed by atoms with Crippen LogP contribution in [0.1, 0.15) is 39.0 Å². The van der Waals surface area contributed by atoms with E-state index >= 15 is 0 Å². The maximum Gasteiger partial charge on any atom is 0.237 e. The molecule has 2 aliphatic rings. The van der Waals surface area contributed by atoms with Crippen LogP contribution in [0.3, 0.4) is 0 Å². The average molecular weight is 239 g/mol. The van der Waals surface area contributed by atoms with Gasteiger partial charge in [-0.2, -0.15) is 0 Å². The number of amides is 1. The number of piperidine rings is 1. The van der Waals surface area contributed by atoms with E-state index in [0.29, 0.717) is 12.0 Å². The van der Waals surface area contributed by atoms with E-state index in [0.717, 1.165) is 32.5 Å². The van der Waals surface area contributed by atoms with Gasteiger partial charge in [0.15, 0.2) is 0 Å². The Balaban J connectivity index is 1.72. The van der Waals surface area contributed by atoms with Gasteiger partial charge in [-0.1, -0.05) is 19.8 Å². The molecule has 1 saturated heterocycles. The fraction of sp³-hybridized carbons (Fsp3) is 0.923. The monoisotopic (exact) mass is 239 g/mol. The lowest BCUT2D eigenvalue weighted by atomic mass is 10.0. The zero-order chi connectivity index (χ0) is 12.3. The second-order valence-corrected chi connectivity index (χ2v) is 5.53. The highest BCUT2D eigenvalue weighted by molar-refractivity contribution is 5.81. The Bertz CT molecular complexity index is 265. The zero-order valence-corrected chi connectivity index (χ0v) is 10.8. The van der Waals surface area contributed by atoms with Crippen LogP contribution in [-0.2, 0) is 4.79 Å². The fourth-order valence-corrected chi connectivity index (χ4v) is 2.59. The lowest BCUT2D eigenvalue weighted by Crippen LogP contribution is -2.51. The molecule has 3 N–H and O–H groups in total. The molecular weight excluding hydrogens is 214 g/mol. The Hall–Kier alpha value is -0.610. The molecule has 0 aromatic heterocycles. The lowest BCUT2D eigenvalue weighted by Gasteiger charge is -2.32. The van der Waals surface area contributed by atoms with Gasteiger partial charge in [0.1, 0.15) is 0 Å². The van der Waals surface area contributed by atoms with Crippen LogP contribution in [0.25, 0.3) is 0 Å². The summed E-state index contributed by atoms with van der Waals surface area (Å²) in [5.41, 5.74) is 5.92. The van der Waals surface area contributed by atoms with Crippen LogP contribution in [0.2, 0.25) is 0 Å². The van der Waals surface area contributed by atoms with Gasteiger partial charge in [0.05, 0.1) is 6.04 Å². The van der Waals surface area contributed by atoms with Gasteiger partial charge in [0.2, 0.25) is 5.91 Å². The Morgan fingerprint density at radius 3 is 2.88 bits per heavy atom. The number of carbonyl (C=O) groups is 1. The minimum Gasteiger partial charge on any atom is -0.351 e. The summed E-state index contributed by atoms with van der Waals surface area (Å²) in [6, 6.07) is 0.0148. The topological polar surface area (TPSA) is 58.4 Å². The Kier molecular flexibility index (Phi) is 4.40. The second kappa shape index (κ2) is 5.83. The quantitative estimate of drug-likeness (QED) is 0.743. The number of nitrogens with zero attached hydrogens (tertiary/aromatic N) is 1. The van der Waals surface area contributed by atoms with Crippen molar-refractivity contribution in [2.45, 2.75) is 51.1 Å². The molecule has 0 aromatic carbocycles. The minimum atomic E-state index is -0.292. The molecule has 4 nitrogen and oxygen atoms in total. The molecule has 0 bridgehead atoms. The Labute approximate surface area is 104 Å². The predicted octanol–water partition coefficient (Wildman–Crippen LogP) is 0.714. The summed E-state index contributed by atoms with van der Waals surface area (Å²) < 4.78 is 0. The van der Waals surface area contributed by atoms with Crippen LogP contribution in [0.4, 0.5) is 0 Å². The number of hydrogen-bond acceptors (Lipinski definition) is 3. The third kappa shape index (κ3) is 3.96. The van der Waals surface area contributed by atoms with E-state index in [9.17, 15) is 4.79 Å². The number of likely N-dealkylation sites (N-methyl/N-ethyl adjacent to an activating group) is 1. The number of likely N-dealkylation sites (tertiary alicyclic amines) is 1. The molecule has 98 valence electrons. The first-order valence-electron chi connectivity index (χ1n) is 6.97. The largest absolute Gasteiger partial charge is 0.351 e. The molecule has 1 saturated carbocycles. The summed E-state index contributed by atoms with van der Waals surface area (Å²) in [6.45, 7) is 5.39. The first kappa shape index (κ1) is 12.8. The standard InChI is InChI=1S/C13H25N3O/c1-2-16-7-3-4-11(9-16)15-13(17)12(14)8-10-5-6-10/h10-12H,2-9,14H2,1H3,(H,15,17). The maximum atomic E-state index is 11.9.